The molecule has 1 aliphatic carbocycles. The highest BCUT2D eigenvalue weighted by Gasteiger charge is 2.04. The Hall–Kier alpha value is -2.36. The Kier molecular flexibility index (Phi) is 5.03. The molecule has 0 aliphatic heterocycles. The molecule has 114 valence electrons. The Morgan fingerprint density at radius 3 is 2.68 bits per heavy atom. The van der Waals surface area contributed by atoms with Gasteiger partial charge in [-0.2, -0.15) is 0 Å². The Morgan fingerprint density at radius 2 is 1.86 bits per heavy atom. The van der Waals surface area contributed by atoms with Crippen molar-refractivity contribution >= 4 is 17.3 Å². The molecule has 1 aromatic heterocycles. The minimum absolute atomic E-state index is 0.806. The highest BCUT2D eigenvalue weighted by atomic mass is 15.1. The quantitative estimate of drug-likeness (QED) is 0.769. The van der Waals surface area contributed by atoms with Gasteiger partial charge in [-0.25, -0.2) is 9.97 Å². The van der Waals surface area contributed by atoms with Crippen molar-refractivity contribution < 1.29 is 0 Å². The van der Waals surface area contributed by atoms with Crippen LogP contribution in [0.5, 0.6) is 0 Å². The smallest absolute Gasteiger partial charge is 0.135 e. The average Bonchev–Trinajstić information content (AvgIpc) is 2.57. The van der Waals surface area contributed by atoms with E-state index in [1.54, 1.807) is 11.9 Å². The predicted molar refractivity (Wildman–Crippen MR) is 91.4 cm³/mol. The van der Waals surface area contributed by atoms with Crippen LogP contribution in [0.4, 0.5) is 17.3 Å². The van der Waals surface area contributed by atoms with Crippen molar-refractivity contribution in [1.82, 2.24) is 9.97 Å². The van der Waals surface area contributed by atoms with Gasteiger partial charge in [-0.05, 0) is 44.2 Å². The number of nitrogens with zero attached hydrogens (tertiary/aromatic N) is 2. The van der Waals surface area contributed by atoms with Gasteiger partial charge in [0, 0.05) is 18.3 Å². The molecule has 1 aromatic carbocycles. The second kappa shape index (κ2) is 7.59. The van der Waals surface area contributed by atoms with Crippen LogP contribution in [0.3, 0.4) is 0 Å². The fraction of sp³-hybridized carbons (Fsp3) is 0.333. The molecule has 0 radical (unpaired) electrons. The summed E-state index contributed by atoms with van der Waals surface area (Å²) < 4.78 is 0. The van der Waals surface area contributed by atoms with E-state index < -0.39 is 0 Å². The zero-order valence-electron chi connectivity index (χ0n) is 12.8. The van der Waals surface area contributed by atoms with E-state index in [1.807, 2.05) is 36.4 Å². The molecule has 0 amide bonds. The normalized spacial score (nSPS) is 14.3. The predicted octanol–water partition coefficient (Wildman–Crippen LogP) is 4.52. The van der Waals surface area contributed by atoms with Crippen LogP contribution in [0, 0.1) is 0 Å². The molecule has 1 heterocycles. The molecule has 0 atom stereocenters. The number of hydrogen-bond acceptors (Lipinski definition) is 4. The van der Waals surface area contributed by atoms with Crippen LogP contribution in [0.1, 0.15) is 32.1 Å². The van der Waals surface area contributed by atoms with Gasteiger partial charge in [-0.1, -0.05) is 29.8 Å². The van der Waals surface area contributed by atoms with Crippen LogP contribution in [-0.4, -0.2) is 16.5 Å². The second-order valence-electron chi connectivity index (χ2n) is 5.56. The van der Waals surface area contributed by atoms with E-state index in [1.165, 1.54) is 25.7 Å². The zero-order valence-corrected chi connectivity index (χ0v) is 12.8. The topological polar surface area (TPSA) is 49.8 Å². The highest BCUT2D eigenvalue weighted by Crippen LogP contribution is 2.20. The molecule has 0 saturated heterocycles. The van der Waals surface area contributed by atoms with Crippen molar-refractivity contribution in [3.05, 3.63) is 54.4 Å². The van der Waals surface area contributed by atoms with E-state index in [2.05, 4.69) is 26.7 Å². The van der Waals surface area contributed by atoms with E-state index in [4.69, 9.17) is 0 Å². The minimum atomic E-state index is 0.806. The van der Waals surface area contributed by atoms with E-state index in [0.29, 0.717) is 0 Å². The second-order valence-corrected chi connectivity index (χ2v) is 5.56. The first-order valence-electron chi connectivity index (χ1n) is 7.96. The van der Waals surface area contributed by atoms with Crippen LogP contribution >= 0.6 is 0 Å². The summed E-state index contributed by atoms with van der Waals surface area (Å²) in [7, 11) is 0. The molecular formula is C18H22N4. The molecule has 2 N–H and O–H groups in total. The van der Waals surface area contributed by atoms with Crippen molar-refractivity contribution in [2.45, 2.75) is 32.1 Å². The van der Waals surface area contributed by atoms with Crippen molar-refractivity contribution in [2.75, 3.05) is 17.2 Å². The van der Waals surface area contributed by atoms with E-state index in [0.717, 1.165) is 30.3 Å². The third-order valence-electron chi connectivity index (χ3n) is 3.85. The molecule has 0 fully saturated rings. The van der Waals surface area contributed by atoms with Crippen LogP contribution < -0.4 is 10.6 Å². The van der Waals surface area contributed by atoms with Gasteiger partial charge in [0.1, 0.15) is 18.0 Å². The molecule has 22 heavy (non-hydrogen) atoms. The lowest BCUT2D eigenvalue weighted by atomic mass is 9.97. The lowest BCUT2D eigenvalue weighted by Crippen LogP contribution is -2.06. The summed E-state index contributed by atoms with van der Waals surface area (Å²) >= 11 is 0. The maximum absolute atomic E-state index is 4.28. The van der Waals surface area contributed by atoms with Gasteiger partial charge >= 0.3 is 0 Å². The first-order chi connectivity index (χ1) is 10.9. The molecule has 0 bridgehead atoms. The van der Waals surface area contributed by atoms with Gasteiger partial charge < -0.3 is 10.6 Å². The van der Waals surface area contributed by atoms with Crippen LogP contribution in [0.25, 0.3) is 0 Å². The molecule has 0 saturated carbocycles. The van der Waals surface area contributed by atoms with Crippen molar-refractivity contribution in [2.24, 2.45) is 0 Å². The summed E-state index contributed by atoms with van der Waals surface area (Å²) in [6, 6.07) is 12.0. The van der Waals surface area contributed by atoms with Crippen LogP contribution in [0.15, 0.2) is 54.4 Å². The van der Waals surface area contributed by atoms with Gasteiger partial charge in [0.05, 0.1) is 0 Å². The Labute approximate surface area is 131 Å². The number of para-hydroxylation sites is 1. The summed E-state index contributed by atoms with van der Waals surface area (Å²) in [4.78, 5) is 8.54. The van der Waals surface area contributed by atoms with Crippen molar-refractivity contribution in [3.63, 3.8) is 0 Å². The largest absolute Gasteiger partial charge is 0.370 e. The van der Waals surface area contributed by atoms with E-state index in [9.17, 15) is 0 Å². The van der Waals surface area contributed by atoms with Crippen molar-refractivity contribution in [1.29, 1.82) is 0 Å². The summed E-state index contributed by atoms with van der Waals surface area (Å²) in [6.07, 6.45) is 10.3. The van der Waals surface area contributed by atoms with Gasteiger partial charge in [0.25, 0.3) is 0 Å². The van der Waals surface area contributed by atoms with Crippen LogP contribution in [-0.2, 0) is 0 Å². The zero-order chi connectivity index (χ0) is 15.0. The highest BCUT2D eigenvalue weighted by molar-refractivity contribution is 5.58. The molecule has 1 aliphatic rings. The molecule has 4 nitrogen and oxygen atoms in total. The molecule has 0 unspecified atom stereocenters. The number of aromatic nitrogens is 2. The number of allylic oxidation sites excluding steroid dienone is 1. The van der Waals surface area contributed by atoms with Crippen LogP contribution in [0.2, 0.25) is 0 Å². The van der Waals surface area contributed by atoms with E-state index >= 15 is 0 Å². The molecule has 0 spiro atoms. The number of hydrogen-bond donors (Lipinski definition) is 2. The van der Waals surface area contributed by atoms with E-state index in [-0.39, 0.29) is 0 Å². The Bertz CT molecular complexity index is 622. The van der Waals surface area contributed by atoms with Crippen molar-refractivity contribution in [3.8, 4) is 0 Å². The monoisotopic (exact) mass is 294 g/mol. The summed E-state index contributed by atoms with van der Waals surface area (Å²) in [6.45, 7) is 0.924. The summed E-state index contributed by atoms with van der Waals surface area (Å²) in [5.41, 5.74) is 2.61. The maximum Gasteiger partial charge on any atom is 0.135 e. The van der Waals surface area contributed by atoms with Gasteiger partial charge in [-0.15, -0.1) is 0 Å². The fourth-order valence-corrected chi connectivity index (χ4v) is 2.67. The number of anilines is 3. The van der Waals surface area contributed by atoms with Gasteiger partial charge in [0.2, 0.25) is 0 Å². The van der Waals surface area contributed by atoms with Gasteiger partial charge in [0.15, 0.2) is 0 Å². The Balaban J connectivity index is 1.53. The molecule has 3 rings (SSSR count). The molecule has 4 heteroatoms. The fourth-order valence-electron chi connectivity index (χ4n) is 2.67. The maximum atomic E-state index is 4.28. The van der Waals surface area contributed by atoms with Gasteiger partial charge in [-0.3, -0.25) is 0 Å². The summed E-state index contributed by atoms with van der Waals surface area (Å²) in [5, 5.41) is 6.67. The average molecular weight is 294 g/mol. The Morgan fingerprint density at radius 1 is 1.00 bits per heavy atom. The number of rotatable bonds is 6. The SMILES string of the molecule is C1=C(CCNc2cc(Nc3ccccc3)ncn2)CCCC1. The molecule has 2 aromatic rings. The third-order valence-corrected chi connectivity index (χ3v) is 3.85. The number of nitrogens with one attached hydrogen (secondary N) is 2. The number of benzene rings is 1. The first kappa shape index (κ1) is 14.6. The first-order valence-corrected chi connectivity index (χ1v) is 7.96. The lowest BCUT2D eigenvalue weighted by molar-refractivity contribution is 0.679. The standard InChI is InChI=1S/C18H22N4/c1-3-7-15(8-4-1)11-12-19-17-13-18(21-14-20-17)22-16-9-5-2-6-10-16/h2,5-7,9-10,13-14H,1,3-4,8,11-12H2,(H2,19,20,21,22). The summed E-state index contributed by atoms with van der Waals surface area (Å²) in [5.74, 6) is 1.67. The minimum Gasteiger partial charge on any atom is -0.370 e. The lowest BCUT2D eigenvalue weighted by Gasteiger charge is -2.13. The molecular weight excluding hydrogens is 272 g/mol. The third kappa shape index (κ3) is 4.32.